The van der Waals surface area contributed by atoms with E-state index in [9.17, 15) is 29.7 Å². The second-order valence-corrected chi connectivity index (χ2v) is 13.7. The van der Waals surface area contributed by atoms with E-state index in [1.807, 2.05) is 33.8 Å². The first-order valence-corrected chi connectivity index (χ1v) is 14.5. The number of ketones is 2. The van der Waals surface area contributed by atoms with Gasteiger partial charge in [-0.2, -0.15) is 0 Å². The molecule has 1 unspecified atom stereocenters. The van der Waals surface area contributed by atoms with E-state index < -0.39 is 52.1 Å². The molecule has 5 atom stereocenters. The summed E-state index contributed by atoms with van der Waals surface area (Å²) >= 11 is 0. The summed E-state index contributed by atoms with van der Waals surface area (Å²) in [7, 11) is 0. The molecule has 7 rings (SSSR count). The zero-order valence-corrected chi connectivity index (χ0v) is 25.1. The van der Waals surface area contributed by atoms with E-state index in [0.717, 1.165) is 5.57 Å². The van der Waals surface area contributed by atoms with Crippen LogP contribution >= 0.6 is 0 Å². The molecule has 2 fully saturated rings. The number of fused-ring (bicyclic) bond motifs is 2. The predicted molar refractivity (Wildman–Crippen MR) is 152 cm³/mol. The van der Waals surface area contributed by atoms with Gasteiger partial charge in [0.05, 0.1) is 11.7 Å². The number of aromatic hydroxyl groups is 1. The molecule has 3 aliphatic heterocycles. The van der Waals surface area contributed by atoms with E-state index >= 15 is 0 Å². The summed E-state index contributed by atoms with van der Waals surface area (Å²) in [5.41, 5.74) is -2.83. The van der Waals surface area contributed by atoms with Crippen molar-refractivity contribution >= 4 is 17.5 Å². The molecule has 1 aromatic carbocycles. The molecule has 6 aliphatic rings. The Morgan fingerprint density at radius 2 is 1.74 bits per heavy atom. The Kier molecular flexibility index (Phi) is 6.01. The van der Waals surface area contributed by atoms with Gasteiger partial charge in [0, 0.05) is 47.0 Å². The lowest BCUT2D eigenvalue weighted by atomic mass is 9.51. The molecule has 3 N–H and O–H groups in total. The lowest BCUT2D eigenvalue weighted by Gasteiger charge is -2.56. The fourth-order valence-corrected chi connectivity index (χ4v) is 7.71. The molecule has 1 saturated heterocycles. The van der Waals surface area contributed by atoms with Gasteiger partial charge in [-0.25, -0.2) is 4.79 Å². The van der Waals surface area contributed by atoms with Crippen molar-refractivity contribution in [2.75, 3.05) is 0 Å². The average molecular weight is 579 g/mol. The minimum Gasteiger partial charge on any atom is -0.507 e. The summed E-state index contributed by atoms with van der Waals surface area (Å²) in [6.07, 6.45) is 4.91. The second kappa shape index (κ2) is 8.80. The van der Waals surface area contributed by atoms with Gasteiger partial charge in [0.15, 0.2) is 22.8 Å². The van der Waals surface area contributed by atoms with Crippen molar-refractivity contribution < 1.29 is 43.9 Å². The third-order valence-corrected chi connectivity index (χ3v) is 9.98. The highest BCUT2D eigenvalue weighted by atomic mass is 16.6. The lowest BCUT2D eigenvalue weighted by Crippen LogP contribution is -2.72. The normalized spacial score (nSPS) is 33.1. The average Bonchev–Trinajstić information content (AvgIpc) is 3.05. The van der Waals surface area contributed by atoms with Gasteiger partial charge >= 0.3 is 5.97 Å². The molecule has 224 valence electrons. The number of aliphatic hydroxyl groups excluding tert-OH is 1. The zero-order valence-electron chi connectivity index (χ0n) is 25.1. The Bertz CT molecular complexity index is 1550. The molecular formula is C33H38O9. The highest BCUT2D eigenvalue weighted by Gasteiger charge is 2.81. The summed E-state index contributed by atoms with van der Waals surface area (Å²) in [5, 5.41) is 32.0. The van der Waals surface area contributed by atoms with Gasteiger partial charge in [0.1, 0.15) is 28.4 Å². The quantitative estimate of drug-likeness (QED) is 0.343. The number of aliphatic carboxylic acids is 1. The van der Waals surface area contributed by atoms with Crippen molar-refractivity contribution in [3.63, 3.8) is 0 Å². The van der Waals surface area contributed by atoms with E-state index in [0.29, 0.717) is 29.7 Å². The molecular weight excluding hydrogens is 540 g/mol. The maximum atomic E-state index is 14.6. The van der Waals surface area contributed by atoms with Gasteiger partial charge in [-0.15, -0.1) is 0 Å². The Morgan fingerprint density at radius 1 is 1.05 bits per heavy atom. The first-order chi connectivity index (χ1) is 19.5. The van der Waals surface area contributed by atoms with Gasteiger partial charge < -0.3 is 29.5 Å². The number of ether oxygens (including phenoxy) is 3. The van der Waals surface area contributed by atoms with Crippen LogP contribution in [0.2, 0.25) is 0 Å². The fourth-order valence-electron chi connectivity index (χ4n) is 7.71. The molecule has 3 heterocycles. The van der Waals surface area contributed by atoms with Crippen LogP contribution in [0.3, 0.4) is 0 Å². The molecule has 9 nitrogen and oxygen atoms in total. The molecule has 0 aromatic heterocycles. The summed E-state index contributed by atoms with van der Waals surface area (Å²) in [6.45, 7) is 12.6. The minimum atomic E-state index is -1.64. The first kappa shape index (κ1) is 28.7. The molecule has 1 aromatic rings. The maximum absolute atomic E-state index is 14.6. The smallest absolute Gasteiger partial charge is 0.330 e. The van der Waals surface area contributed by atoms with Gasteiger partial charge in [-0.3, -0.25) is 9.59 Å². The third-order valence-electron chi connectivity index (χ3n) is 9.98. The number of benzene rings is 1. The molecule has 0 amide bonds. The number of carboxylic acid groups (broad SMARTS) is 1. The topological polar surface area (TPSA) is 140 Å². The number of hydrogen-bond donors (Lipinski definition) is 3. The third kappa shape index (κ3) is 3.52. The van der Waals surface area contributed by atoms with Crippen LogP contribution in [-0.2, 0) is 27.2 Å². The minimum absolute atomic E-state index is 0.0112. The molecule has 9 heteroatoms. The summed E-state index contributed by atoms with van der Waals surface area (Å²) in [5.74, 6) is -2.64. The Balaban J connectivity index is 1.65. The Morgan fingerprint density at radius 3 is 2.38 bits per heavy atom. The number of hydrogen-bond acceptors (Lipinski definition) is 8. The highest BCUT2D eigenvalue weighted by Crippen LogP contribution is 2.68. The summed E-state index contributed by atoms with van der Waals surface area (Å²) in [6, 6.07) is 0. The van der Waals surface area contributed by atoms with Gasteiger partial charge in [-0.1, -0.05) is 23.8 Å². The van der Waals surface area contributed by atoms with Crippen LogP contribution in [0.5, 0.6) is 17.2 Å². The Labute approximate surface area is 244 Å². The number of phenolic OH excluding ortho intramolecular Hbond substituents is 1. The van der Waals surface area contributed by atoms with Crippen molar-refractivity contribution in [2.24, 2.45) is 11.8 Å². The fraction of sp³-hybridized carbons (Fsp3) is 0.545. The van der Waals surface area contributed by atoms with Crippen molar-refractivity contribution in [1.82, 2.24) is 0 Å². The van der Waals surface area contributed by atoms with Crippen molar-refractivity contribution in [3.8, 4) is 17.2 Å². The largest absolute Gasteiger partial charge is 0.507 e. The number of aliphatic hydroxyl groups is 1. The Hall–Kier alpha value is -3.43. The van der Waals surface area contributed by atoms with Gasteiger partial charge in [-0.05, 0) is 61.3 Å². The van der Waals surface area contributed by atoms with Gasteiger partial charge in [0.25, 0.3) is 0 Å². The van der Waals surface area contributed by atoms with Crippen LogP contribution < -0.4 is 9.47 Å². The number of allylic oxidation sites excluding steroid dienone is 3. The summed E-state index contributed by atoms with van der Waals surface area (Å²) in [4.78, 5) is 40.4. The highest BCUT2D eigenvalue weighted by molar-refractivity contribution is 6.18. The molecule has 0 radical (unpaired) electrons. The maximum Gasteiger partial charge on any atom is 0.330 e. The number of carboxylic acids is 1. The number of phenols is 1. The molecule has 42 heavy (non-hydrogen) atoms. The SMILES string of the molecule is CC(C)=CCc1c2c(c(O)c3c1O[C@]14C(=C[C@H]5C[C@@H]1C(C)(C)O[C@@]4(C/C=C(/C)C(=O)O)C5=O)C3=O)CC(O)C(C)(C)O2. The summed E-state index contributed by atoms with van der Waals surface area (Å²) < 4.78 is 20.0. The molecule has 4 bridgehead atoms. The predicted octanol–water partition coefficient (Wildman–Crippen LogP) is 4.40. The molecule has 1 saturated carbocycles. The zero-order chi connectivity index (χ0) is 30.7. The molecule has 1 spiro atoms. The standard InChI is InChI=1S/C33H38O9/c1-15(2)8-9-18-26-19(14-22(34)31(6,7)40-26)24(35)23-25(36)20-12-17-13-21-30(4,5)42-32(28(17)37,11-10-16(3)29(38)39)33(20,21)41-27(18)23/h8,10,12,17,21-22,34-35H,9,11,13-14H2,1-7H3,(H,38,39)/b16-10-/t17-,21+,22?,32-,33+/m0/s1. The number of rotatable bonds is 5. The first-order valence-electron chi connectivity index (χ1n) is 14.5. The van der Waals surface area contributed by atoms with Gasteiger partial charge in [0.2, 0.25) is 0 Å². The van der Waals surface area contributed by atoms with E-state index in [4.69, 9.17) is 14.2 Å². The number of carbonyl (C=O) groups is 3. The number of Topliss-reactive ketones (excluding diaryl/α,β-unsaturated/α-hetero) is 2. The van der Waals surface area contributed by atoms with Crippen LogP contribution in [0, 0.1) is 11.8 Å². The monoisotopic (exact) mass is 578 g/mol. The van der Waals surface area contributed by atoms with Crippen LogP contribution in [-0.4, -0.2) is 61.4 Å². The van der Waals surface area contributed by atoms with E-state index in [1.54, 1.807) is 19.9 Å². The van der Waals surface area contributed by atoms with Crippen LogP contribution in [0.25, 0.3) is 0 Å². The lowest BCUT2D eigenvalue weighted by molar-refractivity contribution is -0.171. The van der Waals surface area contributed by atoms with Crippen LogP contribution in [0.1, 0.15) is 82.8 Å². The van der Waals surface area contributed by atoms with Crippen molar-refractivity contribution in [1.29, 1.82) is 0 Å². The second-order valence-electron chi connectivity index (χ2n) is 13.7. The van der Waals surface area contributed by atoms with Crippen LogP contribution in [0.15, 0.2) is 34.9 Å². The number of carbonyl (C=O) groups excluding carboxylic acids is 2. The van der Waals surface area contributed by atoms with E-state index in [1.165, 1.54) is 13.0 Å². The van der Waals surface area contributed by atoms with Crippen LogP contribution in [0.4, 0.5) is 0 Å². The molecule has 3 aliphatic carbocycles. The van der Waals surface area contributed by atoms with Crippen molar-refractivity contribution in [3.05, 3.63) is 51.6 Å². The van der Waals surface area contributed by atoms with E-state index in [-0.39, 0.29) is 46.8 Å². The van der Waals surface area contributed by atoms with E-state index in [2.05, 4.69) is 0 Å². The van der Waals surface area contributed by atoms with Crippen molar-refractivity contribution in [2.45, 2.75) is 103 Å².